The highest BCUT2D eigenvalue weighted by Gasteiger charge is 2.22. The van der Waals surface area contributed by atoms with Gasteiger partial charge in [-0.2, -0.15) is 5.26 Å². The zero-order valence-electron chi connectivity index (χ0n) is 19.8. The predicted molar refractivity (Wildman–Crippen MR) is 135 cm³/mol. The van der Waals surface area contributed by atoms with Gasteiger partial charge in [-0.3, -0.25) is 0 Å². The van der Waals surface area contributed by atoms with Crippen molar-refractivity contribution in [3.8, 4) is 40.0 Å². The summed E-state index contributed by atoms with van der Waals surface area (Å²) in [4.78, 5) is 4.56. The van der Waals surface area contributed by atoms with Crippen molar-refractivity contribution in [2.45, 2.75) is 20.8 Å². The number of nitriles is 1. The Morgan fingerprint density at radius 1 is 0.912 bits per heavy atom. The molecule has 0 aliphatic rings. The second kappa shape index (κ2) is 10.1. The molecule has 5 heteroatoms. The van der Waals surface area contributed by atoms with Gasteiger partial charge in [0, 0.05) is 17.3 Å². The molecule has 34 heavy (non-hydrogen) atoms. The van der Waals surface area contributed by atoms with Gasteiger partial charge in [-0.25, -0.2) is 4.99 Å². The van der Waals surface area contributed by atoms with Crippen LogP contribution in [-0.2, 0) is 0 Å². The summed E-state index contributed by atoms with van der Waals surface area (Å²) >= 11 is 0. The second-order valence-corrected chi connectivity index (χ2v) is 7.93. The molecule has 5 nitrogen and oxygen atoms in total. The Morgan fingerprint density at radius 3 is 2.15 bits per heavy atom. The molecular weight excluding hydrogens is 424 g/mol. The quantitative estimate of drug-likeness (QED) is 0.278. The number of nitrogens with zero attached hydrogens (tertiary/aromatic N) is 2. The van der Waals surface area contributed by atoms with Crippen LogP contribution in [-0.4, -0.2) is 19.9 Å². The van der Waals surface area contributed by atoms with Gasteiger partial charge < -0.3 is 13.9 Å². The first-order valence-electron chi connectivity index (χ1n) is 11.1. The summed E-state index contributed by atoms with van der Waals surface area (Å²) in [6.07, 6.45) is 1.66. The highest BCUT2D eigenvalue weighted by atomic mass is 16.5. The lowest BCUT2D eigenvalue weighted by Crippen LogP contribution is -1.96. The van der Waals surface area contributed by atoms with Crippen LogP contribution >= 0.6 is 0 Å². The van der Waals surface area contributed by atoms with Crippen LogP contribution in [0.15, 0.2) is 76.1 Å². The van der Waals surface area contributed by atoms with Crippen molar-refractivity contribution in [3.63, 3.8) is 0 Å². The van der Waals surface area contributed by atoms with Gasteiger partial charge in [0.25, 0.3) is 0 Å². The average molecular weight is 451 g/mol. The average Bonchev–Trinajstić information content (AvgIpc) is 3.23. The molecule has 3 aromatic carbocycles. The summed E-state index contributed by atoms with van der Waals surface area (Å²) in [6, 6.07) is 24.0. The number of hydrogen-bond acceptors (Lipinski definition) is 5. The maximum absolute atomic E-state index is 10.1. The van der Waals surface area contributed by atoms with Crippen LogP contribution in [0.25, 0.3) is 22.5 Å². The number of aliphatic imine (C=N–C) groups is 1. The molecule has 0 bridgehead atoms. The van der Waals surface area contributed by atoms with Crippen LogP contribution < -0.4 is 9.47 Å². The largest absolute Gasteiger partial charge is 0.493 e. The third-order valence-corrected chi connectivity index (χ3v) is 5.47. The second-order valence-electron chi connectivity index (χ2n) is 7.93. The van der Waals surface area contributed by atoms with Gasteiger partial charge in [-0.15, -0.1) is 0 Å². The Hall–Kier alpha value is -4.30. The number of ether oxygens (including phenoxy) is 2. The summed E-state index contributed by atoms with van der Waals surface area (Å²) in [6.45, 7) is 6.54. The molecule has 0 amide bonds. The maximum Gasteiger partial charge on any atom is 0.238 e. The molecule has 4 rings (SSSR count). The fourth-order valence-corrected chi connectivity index (χ4v) is 3.69. The Kier molecular flexibility index (Phi) is 6.79. The highest BCUT2D eigenvalue weighted by molar-refractivity contribution is 5.90. The lowest BCUT2D eigenvalue weighted by Gasteiger charge is -2.09. The van der Waals surface area contributed by atoms with E-state index < -0.39 is 0 Å². The van der Waals surface area contributed by atoms with Crippen LogP contribution in [0.4, 0.5) is 5.88 Å². The zero-order valence-corrected chi connectivity index (χ0v) is 19.8. The minimum Gasteiger partial charge on any atom is -0.493 e. The van der Waals surface area contributed by atoms with E-state index in [1.165, 1.54) is 0 Å². The van der Waals surface area contributed by atoms with Crippen molar-refractivity contribution in [2.75, 3.05) is 13.7 Å². The van der Waals surface area contributed by atoms with E-state index in [9.17, 15) is 5.26 Å². The third-order valence-electron chi connectivity index (χ3n) is 5.47. The standard InChI is InChI=1S/C29H26N2O3/c1-5-33-25-15-10-21(16-26(25)32-4)18-31-29-24(17-30)27(22-11-6-19(2)7-12-22)28(34-29)23-13-8-20(3)9-14-23/h6-16,18H,5H2,1-4H3. The van der Waals surface area contributed by atoms with Crippen molar-refractivity contribution in [1.82, 2.24) is 0 Å². The van der Waals surface area contributed by atoms with Gasteiger partial charge in [-0.05, 0) is 50.1 Å². The lowest BCUT2D eigenvalue weighted by molar-refractivity contribution is 0.311. The molecule has 0 saturated heterocycles. The van der Waals surface area contributed by atoms with Crippen molar-refractivity contribution in [2.24, 2.45) is 4.99 Å². The Bertz CT molecular complexity index is 1360. The molecule has 0 aliphatic heterocycles. The fraction of sp³-hybridized carbons (Fsp3) is 0.172. The first-order chi connectivity index (χ1) is 16.5. The van der Waals surface area contributed by atoms with Crippen LogP contribution in [0, 0.1) is 25.2 Å². The van der Waals surface area contributed by atoms with E-state index in [1.54, 1.807) is 13.3 Å². The minimum atomic E-state index is 0.265. The summed E-state index contributed by atoms with van der Waals surface area (Å²) < 4.78 is 17.2. The van der Waals surface area contributed by atoms with E-state index in [0.29, 0.717) is 29.4 Å². The topological polar surface area (TPSA) is 67.8 Å². The fourth-order valence-electron chi connectivity index (χ4n) is 3.69. The number of benzene rings is 3. The van der Waals surface area contributed by atoms with Gasteiger partial charge in [0.15, 0.2) is 11.5 Å². The molecule has 0 fully saturated rings. The molecule has 0 radical (unpaired) electrons. The Labute approximate surface area is 199 Å². The molecule has 0 N–H and O–H groups in total. The van der Waals surface area contributed by atoms with E-state index in [4.69, 9.17) is 13.9 Å². The van der Waals surface area contributed by atoms with Crippen LogP contribution in [0.3, 0.4) is 0 Å². The SMILES string of the molecule is CCOc1ccc(C=Nc2oc(-c3ccc(C)cc3)c(-c3ccc(C)cc3)c2C#N)cc1OC. The molecule has 170 valence electrons. The molecule has 4 aromatic rings. The zero-order chi connectivity index (χ0) is 24.1. The van der Waals surface area contributed by atoms with Gasteiger partial charge in [0.1, 0.15) is 17.4 Å². The molecule has 0 aliphatic carbocycles. The molecule has 0 spiro atoms. The van der Waals surface area contributed by atoms with E-state index in [2.05, 4.69) is 11.1 Å². The maximum atomic E-state index is 10.1. The summed E-state index contributed by atoms with van der Waals surface area (Å²) in [5.41, 5.74) is 6.03. The monoisotopic (exact) mass is 450 g/mol. The summed E-state index contributed by atoms with van der Waals surface area (Å²) in [5.74, 6) is 2.17. The Balaban J connectivity index is 1.82. The van der Waals surface area contributed by atoms with Gasteiger partial charge in [-0.1, -0.05) is 59.7 Å². The van der Waals surface area contributed by atoms with E-state index in [1.807, 2.05) is 87.5 Å². The number of furan rings is 1. The van der Waals surface area contributed by atoms with Gasteiger partial charge in [0.05, 0.1) is 13.7 Å². The molecule has 1 heterocycles. The van der Waals surface area contributed by atoms with Crippen LogP contribution in [0.5, 0.6) is 11.5 Å². The van der Waals surface area contributed by atoms with Gasteiger partial charge >= 0.3 is 0 Å². The van der Waals surface area contributed by atoms with Crippen molar-refractivity contribution < 1.29 is 13.9 Å². The normalized spacial score (nSPS) is 10.9. The highest BCUT2D eigenvalue weighted by Crippen LogP contribution is 2.42. The minimum absolute atomic E-state index is 0.265. The van der Waals surface area contributed by atoms with E-state index in [0.717, 1.165) is 33.4 Å². The van der Waals surface area contributed by atoms with Gasteiger partial charge in [0.2, 0.25) is 5.88 Å². The van der Waals surface area contributed by atoms with E-state index >= 15 is 0 Å². The van der Waals surface area contributed by atoms with Crippen molar-refractivity contribution in [1.29, 1.82) is 5.26 Å². The number of methoxy groups -OCH3 is 1. The molecular formula is C29H26N2O3. The molecule has 0 unspecified atom stereocenters. The molecule has 1 aromatic heterocycles. The van der Waals surface area contributed by atoms with Crippen molar-refractivity contribution in [3.05, 3.63) is 89.0 Å². The first kappa shape index (κ1) is 22.9. The van der Waals surface area contributed by atoms with Crippen LogP contribution in [0.2, 0.25) is 0 Å². The molecule has 0 saturated carbocycles. The lowest BCUT2D eigenvalue weighted by atomic mass is 9.97. The smallest absolute Gasteiger partial charge is 0.238 e. The van der Waals surface area contributed by atoms with Crippen molar-refractivity contribution >= 4 is 12.1 Å². The molecule has 0 atom stereocenters. The van der Waals surface area contributed by atoms with Crippen LogP contribution in [0.1, 0.15) is 29.2 Å². The summed E-state index contributed by atoms with van der Waals surface area (Å²) in [7, 11) is 1.60. The summed E-state index contributed by atoms with van der Waals surface area (Å²) in [5, 5.41) is 10.1. The van der Waals surface area contributed by atoms with E-state index in [-0.39, 0.29) is 5.88 Å². The first-order valence-corrected chi connectivity index (χ1v) is 11.1. The predicted octanol–water partition coefficient (Wildman–Crippen LogP) is 7.26. The third kappa shape index (κ3) is 4.72. The Morgan fingerprint density at radius 2 is 1.56 bits per heavy atom. The number of hydrogen-bond donors (Lipinski definition) is 0. The number of rotatable bonds is 7. The number of aryl methyl sites for hydroxylation is 2.